The van der Waals surface area contributed by atoms with Crippen molar-refractivity contribution in [2.45, 2.75) is 17.1 Å². The molecule has 2 rings (SSSR count). The Kier molecular flexibility index (Phi) is 2.48. The van der Waals surface area contributed by atoms with Crippen LogP contribution in [0, 0.1) is 0 Å². The zero-order valence-electron chi connectivity index (χ0n) is 9.96. The van der Waals surface area contributed by atoms with Gasteiger partial charge in [0.1, 0.15) is 0 Å². The van der Waals surface area contributed by atoms with Gasteiger partial charge in [0.15, 0.2) is 0 Å². The van der Waals surface area contributed by atoms with Crippen molar-refractivity contribution < 1.29 is 24.7 Å². The van der Waals surface area contributed by atoms with Crippen LogP contribution >= 0.6 is 0 Å². The van der Waals surface area contributed by atoms with E-state index in [9.17, 15) is 0 Å². The van der Waals surface area contributed by atoms with Gasteiger partial charge >= 0.3 is 85.1 Å². The normalized spacial score (nSPS) is 20.6. The molecule has 0 spiro atoms. The molecule has 1 heteroatoms. The van der Waals surface area contributed by atoms with E-state index >= 15 is 0 Å². The summed E-state index contributed by atoms with van der Waals surface area (Å²) < 4.78 is 0.648. The first-order valence-electron chi connectivity index (χ1n) is 4.30. The van der Waals surface area contributed by atoms with Crippen molar-refractivity contribution in [2.24, 2.45) is 0 Å². The van der Waals surface area contributed by atoms with E-state index in [0.29, 0.717) is 4.22 Å². The maximum atomic E-state index is 2.30. The molecule has 0 radical (unpaired) electrons. The monoisotopic (exact) mass is 194 g/mol. The summed E-state index contributed by atoms with van der Waals surface area (Å²) in [6.07, 6.45) is 15.6. The third-order valence-corrected chi connectivity index (χ3v) is 3.50. The minimum atomic E-state index is 0. The fourth-order valence-corrected chi connectivity index (χ4v) is 2.26. The third-order valence-electron chi connectivity index (χ3n) is 2.34. The predicted molar refractivity (Wildman–Crippen MR) is 50.8 cm³/mol. The Bertz CT molecular complexity index is 273. The summed E-state index contributed by atoms with van der Waals surface area (Å²) >= 11 is 2.30. The molecule has 0 bridgehead atoms. The summed E-state index contributed by atoms with van der Waals surface area (Å²) in [4.78, 5) is 0. The molecule has 0 aliphatic heterocycles. The first-order chi connectivity index (χ1) is 5.88. The van der Waals surface area contributed by atoms with Crippen LogP contribution in [-0.2, 0) is 20.4 Å². The molecule has 0 heterocycles. The van der Waals surface area contributed by atoms with E-state index in [0.717, 1.165) is 12.8 Å². The third kappa shape index (κ3) is 1.55. The molecule has 0 N–H and O–H groups in total. The minimum absolute atomic E-state index is 0. The molecule has 0 nitrogen and oxygen atoms in total. The summed E-state index contributed by atoms with van der Waals surface area (Å²) in [5.74, 6) is 0. The maximum absolute atomic E-state index is 2.30. The second-order valence-electron chi connectivity index (χ2n) is 3.18. The van der Waals surface area contributed by atoms with Crippen LogP contribution in [0.2, 0.25) is 4.22 Å². The first-order valence-corrected chi connectivity index (χ1v) is 5.20. The van der Waals surface area contributed by atoms with Crippen molar-refractivity contribution in [3.05, 3.63) is 47.6 Å². The molecule has 0 unspecified atom stereocenters. The van der Waals surface area contributed by atoms with Crippen LogP contribution in [0.15, 0.2) is 47.6 Å². The van der Waals surface area contributed by atoms with Crippen molar-refractivity contribution in [1.82, 2.24) is 0 Å². The predicted octanol–water partition coefficient (Wildman–Crippen LogP) is 3.43. The van der Waals surface area contributed by atoms with Crippen LogP contribution in [0.25, 0.3) is 0 Å². The van der Waals surface area contributed by atoms with Gasteiger partial charge in [-0.2, -0.15) is 0 Å². The summed E-state index contributed by atoms with van der Waals surface area (Å²) in [6.45, 7) is 0. The van der Waals surface area contributed by atoms with Crippen molar-refractivity contribution in [1.29, 1.82) is 0 Å². The van der Waals surface area contributed by atoms with Gasteiger partial charge in [-0.05, 0) is 0 Å². The van der Waals surface area contributed by atoms with Crippen molar-refractivity contribution in [3.63, 3.8) is 0 Å². The van der Waals surface area contributed by atoms with Crippen LogP contribution in [0.5, 0.6) is 0 Å². The molecule has 62 valence electrons. The second kappa shape index (κ2) is 3.59. The SMILES string of the molecule is [H-].[H-].[H-].[Ti+3][CH](C1=CC=CC1)C1=CC=CC1. The van der Waals surface area contributed by atoms with E-state index in [-0.39, 0.29) is 4.28 Å². The molecule has 0 amide bonds. The van der Waals surface area contributed by atoms with Crippen LogP contribution < -0.4 is 0 Å². The summed E-state index contributed by atoms with van der Waals surface area (Å²) in [7, 11) is 0. The van der Waals surface area contributed by atoms with Gasteiger partial charge in [-0.1, -0.05) is 0 Å². The molecule has 0 aromatic carbocycles. The molecule has 0 saturated heterocycles. The van der Waals surface area contributed by atoms with E-state index in [4.69, 9.17) is 0 Å². The quantitative estimate of drug-likeness (QED) is 0.590. The second-order valence-corrected chi connectivity index (χ2v) is 4.08. The van der Waals surface area contributed by atoms with Gasteiger partial charge < -0.3 is 4.28 Å². The average Bonchev–Trinajstić information content (AvgIpc) is 2.77. The van der Waals surface area contributed by atoms with E-state index in [1.807, 2.05) is 0 Å². The van der Waals surface area contributed by atoms with Crippen molar-refractivity contribution >= 4 is 0 Å². The summed E-state index contributed by atoms with van der Waals surface area (Å²) in [6, 6.07) is 0. The summed E-state index contributed by atoms with van der Waals surface area (Å²) in [5, 5.41) is 0. The standard InChI is InChI=1S/C11H11.Ti.3H/c1-2-6-10(5-1)9-11-7-3-4-8-11;;;;/h1-5,7,9H,6,8H2;;;;/q;+3;3*-1. The molecule has 2 aliphatic carbocycles. The zero-order valence-corrected chi connectivity index (χ0v) is 8.52. The Balaban J connectivity index is 0. The van der Waals surface area contributed by atoms with Gasteiger partial charge in [0.25, 0.3) is 0 Å². The zero-order chi connectivity index (χ0) is 8.39. The van der Waals surface area contributed by atoms with E-state index < -0.39 is 0 Å². The Hall–Kier alpha value is -0.326. The van der Waals surface area contributed by atoms with Gasteiger partial charge in [0, 0.05) is 0 Å². The fraction of sp³-hybridized carbons (Fsp3) is 0.273. The molecule has 0 atom stereocenters. The average molecular weight is 194 g/mol. The number of rotatable bonds is 2. The van der Waals surface area contributed by atoms with Gasteiger partial charge in [0.2, 0.25) is 0 Å². The van der Waals surface area contributed by atoms with Gasteiger partial charge in [0.05, 0.1) is 0 Å². The molecule has 0 aromatic rings. The molecule has 12 heavy (non-hydrogen) atoms. The van der Waals surface area contributed by atoms with E-state index in [1.54, 1.807) is 11.1 Å². The Morgan fingerprint density at radius 1 is 1.08 bits per heavy atom. The Morgan fingerprint density at radius 3 is 1.92 bits per heavy atom. The number of hydrogen-bond donors (Lipinski definition) is 0. The first kappa shape index (κ1) is 8.28. The van der Waals surface area contributed by atoms with E-state index in [2.05, 4.69) is 56.9 Å². The van der Waals surface area contributed by atoms with Gasteiger partial charge in [-0.25, -0.2) is 0 Å². The van der Waals surface area contributed by atoms with Gasteiger partial charge in [-0.15, -0.1) is 0 Å². The van der Waals surface area contributed by atoms with Crippen LogP contribution in [-0.4, -0.2) is 0 Å². The topological polar surface area (TPSA) is 0 Å². The number of allylic oxidation sites excluding steroid dienone is 8. The molecule has 0 aromatic heterocycles. The van der Waals surface area contributed by atoms with Crippen LogP contribution in [0.4, 0.5) is 0 Å². The molecule has 0 fully saturated rings. The molecular weight excluding hydrogens is 180 g/mol. The van der Waals surface area contributed by atoms with Gasteiger partial charge in [-0.3, -0.25) is 0 Å². The fourth-order valence-electron chi connectivity index (χ4n) is 1.59. The molecule has 2 aliphatic rings. The Morgan fingerprint density at radius 2 is 1.58 bits per heavy atom. The molecule has 0 saturated carbocycles. The van der Waals surface area contributed by atoms with Crippen LogP contribution in [0.3, 0.4) is 0 Å². The Labute approximate surface area is 89.6 Å². The van der Waals surface area contributed by atoms with E-state index in [1.165, 1.54) is 0 Å². The molecular formula is C11H14Ti. The van der Waals surface area contributed by atoms with Crippen molar-refractivity contribution in [2.75, 3.05) is 0 Å². The summed E-state index contributed by atoms with van der Waals surface area (Å²) in [5.41, 5.74) is 3.12. The van der Waals surface area contributed by atoms with Crippen molar-refractivity contribution in [3.8, 4) is 0 Å². The number of hydrogen-bond acceptors (Lipinski definition) is 0. The van der Waals surface area contributed by atoms with Crippen LogP contribution in [0.1, 0.15) is 17.1 Å².